The van der Waals surface area contributed by atoms with Gasteiger partial charge in [0.1, 0.15) is 0 Å². The molecule has 1 aromatic rings. The largest absolute Gasteiger partial charge is 0.355 e. The predicted octanol–water partition coefficient (Wildman–Crippen LogP) is 2.79. The monoisotopic (exact) mass is 280 g/mol. The standard InChI is InChI=1S/C15H24N2OS/c1-11(2)7-8-17-15(18)12(3)19-14-6-4-5-13(9-14)10-16/h4-6,9,11-12H,7-8,10,16H2,1-3H3,(H,17,18). The first kappa shape index (κ1) is 16.1. The second-order valence-corrected chi connectivity index (χ2v) is 6.50. The van der Waals surface area contributed by atoms with Gasteiger partial charge in [0.25, 0.3) is 0 Å². The summed E-state index contributed by atoms with van der Waals surface area (Å²) >= 11 is 1.57. The summed E-state index contributed by atoms with van der Waals surface area (Å²) in [6, 6.07) is 8.04. The topological polar surface area (TPSA) is 55.1 Å². The highest BCUT2D eigenvalue weighted by Gasteiger charge is 2.13. The molecule has 0 saturated carbocycles. The minimum absolute atomic E-state index is 0.0832. The Morgan fingerprint density at radius 1 is 1.37 bits per heavy atom. The average Bonchev–Trinajstić information content (AvgIpc) is 2.38. The van der Waals surface area contributed by atoms with Crippen LogP contribution in [0, 0.1) is 5.92 Å². The third kappa shape index (κ3) is 6.12. The van der Waals surface area contributed by atoms with E-state index in [1.165, 1.54) is 0 Å². The zero-order chi connectivity index (χ0) is 14.3. The van der Waals surface area contributed by atoms with Gasteiger partial charge >= 0.3 is 0 Å². The molecule has 3 nitrogen and oxygen atoms in total. The highest BCUT2D eigenvalue weighted by molar-refractivity contribution is 8.00. The van der Waals surface area contributed by atoms with E-state index in [4.69, 9.17) is 5.73 Å². The van der Waals surface area contributed by atoms with E-state index in [1.54, 1.807) is 11.8 Å². The lowest BCUT2D eigenvalue weighted by Gasteiger charge is -2.13. The lowest BCUT2D eigenvalue weighted by Crippen LogP contribution is -2.32. The van der Waals surface area contributed by atoms with Gasteiger partial charge < -0.3 is 11.1 Å². The Hall–Kier alpha value is -1.00. The minimum atomic E-state index is -0.0832. The fraction of sp³-hybridized carbons (Fsp3) is 0.533. The summed E-state index contributed by atoms with van der Waals surface area (Å²) in [5.74, 6) is 0.716. The molecule has 106 valence electrons. The van der Waals surface area contributed by atoms with Crippen molar-refractivity contribution in [1.29, 1.82) is 0 Å². The summed E-state index contributed by atoms with van der Waals surface area (Å²) in [6.07, 6.45) is 1.02. The van der Waals surface area contributed by atoms with Crippen LogP contribution in [-0.4, -0.2) is 17.7 Å². The molecule has 0 spiro atoms. The van der Waals surface area contributed by atoms with Gasteiger partial charge in [-0.1, -0.05) is 26.0 Å². The number of nitrogens with two attached hydrogens (primary N) is 1. The van der Waals surface area contributed by atoms with Crippen molar-refractivity contribution in [1.82, 2.24) is 5.32 Å². The van der Waals surface area contributed by atoms with Crippen LogP contribution in [0.2, 0.25) is 0 Å². The van der Waals surface area contributed by atoms with Gasteiger partial charge in [0.05, 0.1) is 5.25 Å². The molecule has 1 amide bonds. The quantitative estimate of drug-likeness (QED) is 0.755. The Labute approximate surface area is 120 Å². The molecule has 0 heterocycles. The van der Waals surface area contributed by atoms with Crippen LogP contribution in [0.15, 0.2) is 29.2 Å². The second-order valence-electron chi connectivity index (χ2n) is 5.09. The number of thioether (sulfide) groups is 1. The fourth-order valence-corrected chi connectivity index (χ4v) is 2.61. The van der Waals surface area contributed by atoms with Gasteiger partial charge in [-0.05, 0) is 37.0 Å². The summed E-state index contributed by atoms with van der Waals surface area (Å²) in [7, 11) is 0. The Morgan fingerprint density at radius 2 is 2.11 bits per heavy atom. The molecule has 0 radical (unpaired) electrons. The normalized spacial score (nSPS) is 12.5. The molecule has 0 bridgehead atoms. The number of hydrogen-bond donors (Lipinski definition) is 2. The Bertz CT molecular complexity index is 407. The van der Waals surface area contributed by atoms with E-state index >= 15 is 0 Å². The first-order chi connectivity index (χ1) is 9.02. The Balaban J connectivity index is 2.44. The lowest BCUT2D eigenvalue weighted by atomic mass is 10.1. The maximum absolute atomic E-state index is 11.9. The third-order valence-electron chi connectivity index (χ3n) is 2.84. The molecular formula is C15H24N2OS. The van der Waals surface area contributed by atoms with Gasteiger partial charge in [0, 0.05) is 18.0 Å². The molecule has 0 aromatic heterocycles. The molecule has 4 heteroatoms. The van der Waals surface area contributed by atoms with Gasteiger partial charge in [-0.15, -0.1) is 11.8 Å². The molecule has 1 unspecified atom stereocenters. The maximum atomic E-state index is 11.9. The zero-order valence-electron chi connectivity index (χ0n) is 12.0. The van der Waals surface area contributed by atoms with Crippen LogP contribution in [0.1, 0.15) is 32.8 Å². The second kappa shape index (κ2) is 8.23. The number of nitrogens with one attached hydrogen (secondary N) is 1. The van der Waals surface area contributed by atoms with Crippen molar-refractivity contribution in [2.24, 2.45) is 11.7 Å². The van der Waals surface area contributed by atoms with Crippen molar-refractivity contribution in [2.75, 3.05) is 6.54 Å². The molecule has 0 aliphatic heterocycles. The molecular weight excluding hydrogens is 256 g/mol. The lowest BCUT2D eigenvalue weighted by molar-refractivity contribution is -0.120. The first-order valence-corrected chi connectivity index (χ1v) is 7.64. The number of amides is 1. The number of rotatable bonds is 7. The van der Waals surface area contributed by atoms with E-state index in [-0.39, 0.29) is 11.2 Å². The van der Waals surface area contributed by atoms with Gasteiger partial charge in [0.15, 0.2) is 0 Å². The summed E-state index contributed by atoms with van der Waals surface area (Å²) in [4.78, 5) is 13.0. The number of benzene rings is 1. The predicted molar refractivity (Wildman–Crippen MR) is 82.1 cm³/mol. The maximum Gasteiger partial charge on any atom is 0.233 e. The van der Waals surface area contributed by atoms with E-state index < -0.39 is 0 Å². The van der Waals surface area contributed by atoms with Gasteiger partial charge in [-0.2, -0.15) is 0 Å². The van der Waals surface area contributed by atoms with Crippen LogP contribution in [0.4, 0.5) is 0 Å². The first-order valence-electron chi connectivity index (χ1n) is 6.76. The smallest absolute Gasteiger partial charge is 0.233 e. The molecule has 0 saturated heterocycles. The van der Waals surface area contributed by atoms with Crippen LogP contribution in [0.5, 0.6) is 0 Å². The minimum Gasteiger partial charge on any atom is -0.355 e. The highest BCUT2D eigenvalue weighted by Crippen LogP contribution is 2.24. The highest BCUT2D eigenvalue weighted by atomic mass is 32.2. The van der Waals surface area contributed by atoms with E-state index in [9.17, 15) is 4.79 Å². The fourth-order valence-electron chi connectivity index (χ4n) is 1.63. The molecule has 3 N–H and O–H groups in total. The summed E-state index contributed by atoms with van der Waals surface area (Å²) < 4.78 is 0. The molecule has 1 aromatic carbocycles. The summed E-state index contributed by atoms with van der Waals surface area (Å²) in [5, 5.41) is 2.89. The van der Waals surface area contributed by atoms with E-state index in [2.05, 4.69) is 19.2 Å². The van der Waals surface area contributed by atoms with Crippen LogP contribution in [0.25, 0.3) is 0 Å². The molecule has 0 fully saturated rings. The third-order valence-corrected chi connectivity index (χ3v) is 3.93. The van der Waals surface area contributed by atoms with Crippen molar-refractivity contribution in [2.45, 2.75) is 43.9 Å². The van der Waals surface area contributed by atoms with E-state index in [1.807, 2.05) is 31.2 Å². The van der Waals surface area contributed by atoms with Crippen LogP contribution < -0.4 is 11.1 Å². The molecule has 0 aliphatic rings. The van der Waals surface area contributed by atoms with Crippen LogP contribution >= 0.6 is 11.8 Å². The SMILES string of the molecule is CC(C)CCNC(=O)C(C)Sc1cccc(CN)c1. The molecule has 0 aliphatic carbocycles. The van der Waals surface area contributed by atoms with Gasteiger partial charge in [-0.3, -0.25) is 4.79 Å². The Morgan fingerprint density at radius 3 is 2.74 bits per heavy atom. The molecule has 19 heavy (non-hydrogen) atoms. The zero-order valence-corrected chi connectivity index (χ0v) is 12.8. The van der Waals surface area contributed by atoms with Gasteiger partial charge in [-0.25, -0.2) is 0 Å². The van der Waals surface area contributed by atoms with Crippen molar-refractivity contribution in [3.05, 3.63) is 29.8 Å². The summed E-state index contributed by atoms with van der Waals surface area (Å²) in [5.41, 5.74) is 6.71. The average molecular weight is 280 g/mol. The molecule has 1 rings (SSSR count). The number of carbonyl (C=O) groups is 1. The van der Waals surface area contributed by atoms with Gasteiger partial charge in [0.2, 0.25) is 5.91 Å². The Kier molecular flexibility index (Phi) is 6.95. The van der Waals surface area contributed by atoms with Crippen molar-refractivity contribution < 1.29 is 4.79 Å². The van der Waals surface area contributed by atoms with Crippen molar-refractivity contribution in [3.8, 4) is 0 Å². The van der Waals surface area contributed by atoms with E-state index in [0.29, 0.717) is 12.5 Å². The van der Waals surface area contributed by atoms with Crippen LogP contribution in [0.3, 0.4) is 0 Å². The number of carbonyl (C=O) groups excluding carboxylic acids is 1. The molecule has 1 atom stereocenters. The van der Waals surface area contributed by atoms with Crippen LogP contribution in [-0.2, 0) is 11.3 Å². The number of hydrogen-bond acceptors (Lipinski definition) is 3. The van der Waals surface area contributed by atoms with Crippen molar-refractivity contribution >= 4 is 17.7 Å². The summed E-state index contributed by atoms with van der Waals surface area (Å²) in [6.45, 7) is 7.53. The van der Waals surface area contributed by atoms with Crippen molar-refractivity contribution in [3.63, 3.8) is 0 Å². The van der Waals surface area contributed by atoms with E-state index in [0.717, 1.165) is 23.4 Å².